The summed E-state index contributed by atoms with van der Waals surface area (Å²) in [6.07, 6.45) is 0. The van der Waals surface area contributed by atoms with Gasteiger partial charge in [-0.15, -0.1) is 0 Å². The lowest BCUT2D eigenvalue weighted by molar-refractivity contribution is -0.120. The van der Waals surface area contributed by atoms with E-state index in [4.69, 9.17) is 10.00 Å². The Hall–Kier alpha value is -2.32. The van der Waals surface area contributed by atoms with E-state index in [2.05, 4.69) is 22.0 Å². The molecule has 1 amide bonds. The van der Waals surface area contributed by atoms with Gasteiger partial charge in [0.1, 0.15) is 5.75 Å². The van der Waals surface area contributed by atoms with Crippen molar-refractivity contribution in [1.29, 1.82) is 5.26 Å². The molecule has 0 aromatic heterocycles. The Morgan fingerprint density at radius 1 is 1.24 bits per heavy atom. The molecule has 5 heteroatoms. The van der Waals surface area contributed by atoms with Crippen LogP contribution in [0.5, 0.6) is 5.75 Å². The highest BCUT2D eigenvalue weighted by Gasteiger charge is 2.23. The van der Waals surface area contributed by atoms with Crippen molar-refractivity contribution < 1.29 is 9.53 Å². The molecule has 1 heterocycles. The number of hydrogen-bond donors (Lipinski definition) is 0. The average Bonchev–Trinajstić information content (AvgIpc) is 2.66. The molecule has 1 aliphatic rings. The van der Waals surface area contributed by atoms with Gasteiger partial charge in [-0.1, -0.05) is 22.0 Å². The van der Waals surface area contributed by atoms with E-state index < -0.39 is 0 Å². The third-order valence-electron chi connectivity index (χ3n) is 3.29. The van der Waals surface area contributed by atoms with Gasteiger partial charge in [0.25, 0.3) is 5.91 Å². The van der Waals surface area contributed by atoms with Crippen LogP contribution in [0.4, 0.5) is 5.69 Å². The van der Waals surface area contributed by atoms with E-state index in [9.17, 15) is 4.79 Å². The number of fused-ring (bicyclic) bond motifs is 1. The second-order valence-corrected chi connectivity index (χ2v) is 5.60. The molecule has 21 heavy (non-hydrogen) atoms. The standard InChI is InChI=1S/C16H11BrN2O2/c17-13-4-5-15-12(7-13)9-19(16(20)10-21-15)14-3-1-2-11(6-14)8-18/h1-7H,9-10H2. The van der Waals surface area contributed by atoms with Gasteiger partial charge in [0.15, 0.2) is 6.61 Å². The zero-order valence-corrected chi connectivity index (χ0v) is 12.6. The number of benzene rings is 2. The molecule has 4 nitrogen and oxygen atoms in total. The van der Waals surface area contributed by atoms with E-state index >= 15 is 0 Å². The van der Waals surface area contributed by atoms with E-state index in [1.165, 1.54) is 0 Å². The van der Waals surface area contributed by atoms with Crippen LogP contribution in [0, 0.1) is 11.3 Å². The van der Waals surface area contributed by atoms with Crippen molar-refractivity contribution in [2.24, 2.45) is 0 Å². The first-order valence-electron chi connectivity index (χ1n) is 6.39. The van der Waals surface area contributed by atoms with Crippen LogP contribution in [0.15, 0.2) is 46.9 Å². The molecular formula is C16H11BrN2O2. The van der Waals surface area contributed by atoms with Crippen molar-refractivity contribution >= 4 is 27.5 Å². The summed E-state index contributed by atoms with van der Waals surface area (Å²) in [5.41, 5.74) is 2.16. The molecule has 0 fully saturated rings. The summed E-state index contributed by atoms with van der Waals surface area (Å²) < 4.78 is 6.48. The minimum Gasteiger partial charge on any atom is -0.483 e. The molecule has 0 unspecified atom stereocenters. The number of rotatable bonds is 1. The summed E-state index contributed by atoms with van der Waals surface area (Å²) in [5.74, 6) is 0.586. The molecule has 0 atom stereocenters. The molecule has 2 aromatic rings. The van der Waals surface area contributed by atoms with Gasteiger partial charge in [-0.2, -0.15) is 5.26 Å². The summed E-state index contributed by atoms with van der Waals surface area (Å²) in [6.45, 7) is 0.411. The number of carbonyl (C=O) groups excluding carboxylic acids is 1. The van der Waals surface area contributed by atoms with Crippen molar-refractivity contribution in [3.63, 3.8) is 0 Å². The zero-order valence-electron chi connectivity index (χ0n) is 11.0. The fourth-order valence-corrected chi connectivity index (χ4v) is 2.68. The Balaban J connectivity index is 2.01. The fourth-order valence-electron chi connectivity index (χ4n) is 2.27. The number of halogens is 1. The molecule has 0 radical (unpaired) electrons. The van der Waals surface area contributed by atoms with E-state index in [1.807, 2.05) is 24.3 Å². The van der Waals surface area contributed by atoms with Crippen LogP contribution >= 0.6 is 15.9 Å². The highest BCUT2D eigenvalue weighted by atomic mass is 79.9. The fraction of sp³-hybridized carbons (Fsp3) is 0.125. The number of amides is 1. The van der Waals surface area contributed by atoms with Gasteiger partial charge < -0.3 is 9.64 Å². The highest BCUT2D eigenvalue weighted by molar-refractivity contribution is 9.10. The predicted molar refractivity (Wildman–Crippen MR) is 82.0 cm³/mol. The third-order valence-corrected chi connectivity index (χ3v) is 3.78. The smallest absolute Gasteiger partial charge is 0.265 e. The van der Waals surface area contributed by atoms with Gasteiger partial charge in [0.2, 0.25) is 0 Å². The molecule has 0 spiro atoms. The second-order valence-electron chi connectivity index (χ2n) is 4.68. The van der Waals surface area contributed by atoms with Crippen molar-refractivity contribution in [1.82, 2.24) is 0 Å². The van der Waals surface area contributed by atoms with Gasteiger partial charge in [0, 0.05) is 15.7 Å². The maximum Gasteiger partial charge on any atom is 0.265 e. The molecule has 2 aromatic carbocycles. The maximum absolute atomic E-state index is 12.3. The van der Waals surface area contributed by atoms with E-state index in [0.717, 1.165) is 10.0 Å². The van der Waals surface area contributed by atoms with E-state index in [-0.39, 0.29) is 12.5 Å². The Morgan fingerprint density at radius 2 is 2.10 bits per heavy atom. The van der Waals surface area contributed by atoms with Crippen LogP contribution in [-0.4, -0.2) is 12.5 Å². The monoisotopic (exact) mass is 342 g/mol. The molecule has 0 saturated heterocycles. The predicted octanol–water partition coefficient (Wildman–Crippen LogP) is 3.25. The Morgan fingerprint density at radius 3 is 2.90 bits per heavy atom. The molecule has 0 saturated carbocycles. The Labute approximate surface area is 130 Å². The molecule has 104 valence electrons. The van der Waals surface area contributed by atoms with Crippen LogP contribution in [-0.2, 0) is 11.3 Å². The molecule has 0 bridgehead atoms. The van der Waals surface area contributed by atoms with Crippen molar-refractivity contribution in [2.75, 3.05) is 11.5 Å². The van der Waals surface area contributed by atoms with Gasteiger partial charge in [-0.25, -0.2) is 0 Å². The molecular weight excluding hydrogens is 332 g/mol. The number of carbonyl (C=O) groups is 1. The minimum absolute atomic E-state index is 0.00852. The van der Waals surface area contributed by atoms with Crippen LogP contribution in [0.25, 0.3) is 0 Å². The molecule has 0 aliphatic carbocycles. The number of anilines is 1. The normalized spacial score (nSPS) is 13.9. The first kappa shape index (κ1) is 13.7. The lowest BCUT2D eigenvalue weighted by atomic mass is 10.1. The van der Waals surface area contributed by atoms with Gasteiger partial charge >= 0.3 is 0 Å². The molecule has 0 N–H and O–H groups in total. The Kier molecular flexibility index (Phi) is 3.63. The molecule has 3 rings (SSSR count). The molecule has 1 aliphatic heterocycles. The lowest BCUT2D eigenvalue weighted by Crippen LogP contribution is -2.32. The number of ether oxygens (including phenoxy) is 1. The summed E-state index contributed by atoms with van der Waals surface area (Å²) in [7, 11) is 0. The van der Waals surface area contributed by atoms with Gasteiger partial charge in [0.05, 0.1) is 18.2 Å². The largest absolute Gasteiger partial charge is 0.483 e. The van der Waals surface area contributed by atoms with Crippen LogP contribution in [0.3, 0.4) is 0 Å². The van der Waals surface area contributed by atoms with E-state index in [1.54, 1.807) is 23.1 Å². The van der Waals surface area contributed by atoms with Crippen LogP contribution in [0.1, 0.15) is 11.1 Å². The summed E-state index contributed by atoms with van der Waals surface area (Å²) in [5, 5.41) is 8.99. The number of nitriles is 1. The first-order chi connectivity index (χ1) is 10.2. The Bertz CT molecular complexity index is 752. The highest BCUT2D eigenvalue weighted by Crippen LogP contribution is 2.29. The SMILES string of the molecule is N#Cc1cccc(N2Cc3cc(Br)ccc3OCC2=O)c1. The third kappa shape index (κ3) is 2.76. The van der Waals surface area contributed by atoms with E-state index in [0.29, 0.717) is 23.5 Å². The van der Waals surface area contributed by atoms with Gasteiger partial charge in [-0.3, -0.25) is 4.79 Å². The first-order valence-corrected chi connectivity index (χ1v) is 7.18. The topological polar surface area (TPSA) is 53.3 Å². The maximum atomic E-state index is 12.3. The summed E-state index contributed by atoms with van der Waals surface area (Å²) in [6, 6.07) is 14.8. The summed E-state index contributed by atoms with van der Waals surface area (Å²) >= 11 is 3.43. The lowest BCUT2D eigenvalue weighted by Gasteiger charge is -2.20. The van der Waals surface area contributed by atoms with Crippen molar-refractivity contribution in [3.05, 3.63) is 58.1 Å². The summed E-state index contributed by atoms with van der Waals surface area (Å²) in [4.78, 5) is 13.9. The quantitative estimate of drug-likeness (QED) is 0.799. The van der Waals surface area contributed by atoms with Gasteiger partial charge in [-0.05, 0) is 36.4 Å². The minimum atomic E-state index is -0.127. The number of nitrogens with zero attached hydrogens (tertiary/aromatic N) is 2. The second kappa shape index (κ2) is 5.58. The van der Waals surface area contributed by atoms with Crippen LogP contribution in [0.2, 0.25) is 0 Å². The number of hydrogen-bond acceptors (Lipinski definition) is 3. The van der Waals surface area contributed by atoms with Crippen LogP contribution < -0.4 is 9.64 Å². The average molecular weight is 343 g/mol. The zero-order chi connectivity index (χ0) is 14.8. The van der Waals surface area contributed by atoms with Crippen molar-refractivity contribution in [2.45, 2.75) is 6.54 Å². The van der Waals surface area contributed by atoms with Crippen molar-refractivity contribution in [3.8, 4) is 11.8 Å².